The maximum Gasteiger partial charge on any atom is 0.337 e. The summed E-state index contributed by atoms with van der Waals surface area (Å²) in [7, 11) is 3.42. The smallest absolute Gasteiger partial charge is 0.337 e. The van der Waals surface area contributed by atoms with Crippen LogP contribution in [0.5, 0.6) is 0 Å². The first kappa shape index (κ1) is 27.9. The van der Waals surface area contributed by atoms with E-state index in [-0.39, 0.29) is 12.6 Å². The Bertz CT molecular complexity index is 1300. The first-order chi connectivity index (χ1) is 19.3. The molecule has 3 heterocycles. The number of carbonyl (C=O) groups is 3. The molecule has 1 aromatic heterocycles. The van der Waals surface area contributed by atoms with Gasteiger partial charge in [-0.15, -0.1) is 11.3 Å². The third-order valence-electron chi connectivity index (χ3n) is 8.24. The molecular formula is C28H34N6O5S. The Morgan fingerprint density at radius 2 is 2.05 bits per heavy atom. The molecule has 0 radical (unpaired) electrons. The number of thiazole rings is 1. The summed E-state index contributed by atoms with van der Waals surface area (Å²) in [5, 5.41) is 15.7. The molecule has 2 aromatic rings. The van der Waals surface area contributed by atoms with Gasteiger partial charge in [-0.3, -0.25) is 24.4 Å². The molecular weight excluding hydrogens is 532 g/mol. The number of aliphatic imine (C=N–C) groups is 1. The van der Waals surface area contributed by atoms with Gasteiger partial charge in [0.2, 0.25) is 6.41 Å². The van der Waals surface area contributed by atoms with Crippen LogP contribution in [0.4, 0.5) is 5.69 Å². The van der Waals surface area contributed by atoms with Crippen molar-refractivity contribution in [3.05, 3.63) is 57.7 Å². The van der Waals surface area contributed by atoms with Crippen molar-refractivity contribution in [3.8, 4) is 0 Å². The second-order valence-corrected chi connectivity index (χ2v) is 11.4. The number of amides is 1. The molecule has 5 rings (SSSR count). The molecule has 2 fully saturated rings. The summed E-state index contributed by atoms with van der Waals surface area (Å²) >= 11 is 1.48. The zero-order valence-electron chi connectivity index (χ0n) is 22.7. The lowest BCUT2D eigenvalue weighted by Crippen LogP contribution is -2.56. The minimum Gasteiger partial charge on any atom is -0.481 e. The SMILES string of the molecule is COC(=O)C1=C(CN2CCN(C)C(CN(C=O)c3ccc(C4(C(=O)O)CCC4)cc3)C2)NC(c2nccs2)=NC1. The van der Waals surface area contributed by atoms with Gasteiger partial charge < -0.3 is 20.1 Å². The van der Waals surface area contributed by atoms with Crippen LogP contribution >= 0.6 is 11.3 Å². The Balaban J connectivity index is 1.27. The molecule has 1 aromatic carbocycles. The molecule has 1 aliphatic carbocycles. The van der Waals surface area contributed by atoms with Crippen LogP contribution in [0, 0.1) is 0 Å². The van der Waals surface area contributed by atoms with Crippen molar-refractivity contribution in [2.75, 3.05) is 58.3 Å². The number of nitrogens with one attached hydrogen (secondary N) is 1. The number of carboxylic acid groups (broad SMARTS) is 1. The van der Waals surface area contributed by atoms with Crippen LogP contribution < -0.4 is 10.2 Å². The zero-order chi connectivity index (χ0) is 28.3. The van der Waals surface area contributed by atoms with Crippen LogP contribution in [-0.2, 0) is 24.5 Å². The van der Waals surface area contributed by atoms with Crippen molar-refractivity contribution < 1.29 is 24.2 Å². The van der Waals surface area contributed by atoms with E-state index in [4.69, 9.17) is 4.74 Å². The normalized spacial score (nSPS) is 21.1. The summed E-state index contributed by atoms with van der Waals surface area (Å²) in [6, 6.07) is 7.41. The highest BCUT2D eigenvalue weighted by Gasteiger charge is 2.45. The van der Waals surface area contributed by atoms with Crippen LogP contribution in [0.1, 0.15) is 29.8 Å². The Hall–Kier alpha value is -3.61. The van der Waals surface area contributed by atoms with Crippen molar-refractivity contribution in [2.45, 2.75) is 30.7 Å². The number of rotatable bonds is 10. The predicted octanol–water partition coefficient (Wildman–Crippen LogP) is 1.71. The molecule has 3 aliphatic rings. The second kappa shape index (κ2) is 11.9. The van der Waals surface area contributed by atoms with Crippen molar-refractivity contribution >= 4 is 41.2 Å². The lowest BCUT2D eigenvalue weighted by molar-refractivity contribution is -0.147. The Kier molecular flexibility index (Phi) is 8.29. The number of esters is 1. The number of hydrogen-bond acceptors (Lipinski definition) is 10. The number of hydrogen-bond donors (Lipinski definition) is 2. The van der Waals surface area contributed by atoms with E-state index in [9.17, 15) is 19.5 Å². The molecule has 2 N–H and O–H groups in total. The zero-order valence-corrected chi connectivity index (χ0v) is 23.5. The number of benzene rings is 1. The molecule has 1 saturated carbocycles. The molecule has 40 heavy (non-hydrogen) atoms. The van der Waals surface area contributed by atoms with Gasteiger partial charge in [0.25, 0.3) is 0 Å². The van der Waals surface area contributed by atoms with Gasteiger partial charge in [0.1, 0.15) is 0 Å². The highest BCUT2D eigenvalue weighted by molar-refractivity contribution is 7.11. The van der Waals surface area contributed by atoms with Gasteiger partial charge in [-0.25, -0.2) is 9.78 Å². The minimum atomic E-state index is -0.802. The fourth-order valence-corrected chi connectivity index (χ4v) is 6.16. The number of methoxy groups -OCH3 is 1. The van der Waals surface area contributed by atoms with Crippen molar-refractivity contribution in [1.82, 2.24) is 20.1 Å². The highest BCUT2D eigenvalue weighted by Crippen LogP contribution is 2.44. The van der Waals surface area contributed by atoms with Gasteiger partial charge in [-0.2, -0.15) is 0 Å². The maximum absolute atomic E-state index is 12.5. The minimum absolute atomic E-state index is 0.0495. The lowest BCUT2D eigenvalue weighted by Gasteiger charge is -2.41. The number of carbonyl (C=O) groups excluding carboxylic acids is 2. The summed E-state index contributed by atoms with van der Waals surface area (Å²) in [5.74, 6) is -0.548. The third-order valence-corrected chi connectivity index (χ3v) is 9.02. The molecule has 11 nitrogen and oxygen atoms in total. The standard InChI is InChI=1S/C28H34N6O5S/c1-32-11-12-33(17-23-22(26(36)39-2)14-30-24(31-23)25-29-10-13-40-25)15-21(32)16-34(18-35)20-6-4-19(5-7-20)28(27(37)38)8-3-9-28/h4-7,10,13,18,21H,3,8-9,11-12,14-17H2,1-2H3,(H,30,31)(H,37,38). The van der Waals surface area contributed by atoms with Gasteiger partial charge in [0, 0.05) is 61.7 Å². The second-order valence-electron chi connectivity index (χ2n) is 10.5. The van der Waals surface area contributed by atoms with Gasteiger partial charge >= 0.3 is 11.9 Å². The largest absolute Gasteiger partial charge is 0.481 e. The molecule has 0 spiro atoms. The summed E-state index contributed by atoms with van der Waals surface area (Å²) in [4.78, 5) is 51.6. The molecule has 212 valence electrons. The van der Waals surface area contributed by atoms with E-state index in [1.807, 2.05) is 36.7 Å². The van der Waals surface area contributed by atoms with E-state index in [1.165, 1.54) is 18.4 Å². The molecule has 0 bridgehead atoms. The van der Waals surface area contributed by atoms with Crippen LogP contribution in [-0.4, -0.2) is 104 Å². The monoisotopic (exact) mass is 566 g/mol. The third kappa shape index (κ3) is 5.51. The first-order valence-corrected chi connectivity index (χ1v) is 14.2. The fourth-order valence-electron chi connectivity index (χ4n) is 5.56. The summed E-state index contributed by atoms with van der Waals surface area (Å²) < 4.78 is 5.02. The lowest BCUT2D eigenvalue weighted by atomic mass is 9.64. The number of likely N-dealkylation sites (N-methyl/N-ethyl adjacent to an activating group) is 1. The number of nitrogens with zero attached hydrogens (tertiary/aromatic N) is 5. The van der Waals surface area contributed by atoms with Crippen molar-refractivity contribution in [1.29, 1.82) is 0 Å². The van der Waals surface area contributed by atoms with E-state index < -0.39 is 17.4 Å². The number of aliphatic carboxylic acids is 1. The Morgan fingerprint density at radius 3 is 2.65 bits per heavy atom. The molecule has 2 aliphatic heterocycles. The van der Waals surface area contributed by atoms with E-state index in [2.05, 4.69) is 25.1 Å². The Morgan fingerprint density at radius 1 is 1.27 bits per heavy atom. The van der Waals surface area contributed by atoms with Gasteiger partial charge in [0.05, 0.1) is 24.6 Å². The number of anilines is 1. The average molecular weight is 567 g/mol. The van der Waals surface area contributed by atoms with Crippen LogP contribution in [0.15, 0.2) is 52.1 Å². The summed E-state index contributed by atoms with van der Waals surface area (Å²) in [6.45, 7) is 3.48. The van der Waals surface area contributed by atoms with Crippen LogP contribution in [0.3, 0.4) is 0 Å². The number of aromatic nitrogens is 1. The fraction of sp³-hybridized carbons (Fsp3) is 0.464. The maximum atomic E-state index is 12.5. The number of ether oxygens (including phenoxy) is 1. The first-order valence-electron chi connectivity index (χ1n) is 13.3. The Labute approximate surface area is 237 Å². The van der Waals surface area contributed by atoms with Crippen molar-refractivity contribution in [3.63, 3.8) is 0 Å². The summed E-state index contributed by atoms with van der Waals surface area (Å²) in [5.41, 5.74) is 1.97. The van der Waals surface area contributed by atoms with Gasteiger partial charge in [0.15, 0.2) is 10.8 Å². The van der Waals surface area contributed by atoms with E-state index in [0.29, 0.717) is 43.9 Å². The quantitative estimate of drug-likeness (QED) is 0.326. The van der Waals surface area contributed by atoms with Crippen molar-refractivity contribution in [2.24, 2.45) is 4.99 Å². The van der Waals surface area contributed by atoms with Crippen LogP contribution in [0.2, 0.25) is 0 Å². The number of amidine groups is 1. The van der Waals surface area contributed by atoms with Crippen LogP contribution in [0.25, 0.3) is 0 Å². The molecule has 1 saturated heterocycles. The topological polar surface area (TPSA) is 128 Å². The van der Waals surface area contributed by atoms with E-state index >= 15 is 0 Å². The molecule has 1 amide bonds. The number of piperazine rings is 1. The molecule has 1 unspecified atom stereocenters. The highest BCUT2D eigenvalue weighted by atomic mass is 32.1. The summed E-state index contributed by atoms with van der Waals surface area (Å²) in [6.07, 6.45) is 4.74. The molecule has 1 atom stereocenters. The van der Waals surface area contributed by atoms with Gasteiger partial charge in [-0.05, 0) is 37.6 Å². The van der Waals surface area contributed by atoms with Gasteiger partial charge in [-0.1, -0.05) is 18.6 Å². The molecule has 12 heteroatoms. The van der Waals surface area contributed by atoms with E-state index in [0.717, 1.165) is 47.9 Å². The average Bonchev–Trinajstić information content (AvgIpc) is 3.48. The predicted molar refractivity (Wildman–Crippen MR) is 152 cm³/mol. The number of carboxylic acids is 1. The van der Waals surface area contributed by atoms with E-state index in [1.54, 1.807) is 11.1 Å².